The minimum Gasteiger partial charge on any atom is -0.490 e. The van der Waals surface area contributed by atoms with Crippen LogP contribution in [-0.4, -0.2) is 36.2 Å². The summed E-state index contributed by atoms with van der Waals surface area (Å²) in [7, 11) is 0. The molecule has 49 heavy (non-hydrogen) atoms. The lowest BCUT2D eigenvalue weighted by atomic mass is 9.87. The fourth-order valence-corrected chi connectivity index (χ4v) is 6.44. The Morgan fingerprint density at radius 3 is 2.27 bits per heavy atom. The molecule has 1 aromatic heterocycles. The Hall–Kier alpha value is -4.59. The van der Waals surface area contributed by atoms with Crippen molar-refractivity contribution in [3.8, 4) is 17.9 Å². The summed E-state index contributed by atoms with van der Waals surface area (Å²) in [5.41, 5.74) is 2.29. The number of aliphatic hydroxyl groups excluding tert-OH is 1. The van der Waals surface area contributed by atoms with Gasteiger partial charge in [-0.15, -0.1) is 11.3 Å². The largest absolute Gasteiger partial charge is 0.490 e. The van der Waals surface area contributed by atoms with E-state index in [0.717, 1.165) is 71.1 Å². The highest BCUT2D eigenvalue weighted by Gasteiger charge is 2.43. The summed E-state index contributed by atoms with van der Waals surface area (Å²) >= 11 is 4.92. The quantitative estimate of drug-likeness (QED) is 0.0894. The fourth-order valence-electron chi connectivity index (χ4n) is 5.44. The third kappa shape index (κ3) is 9.31. The number of allylic oxidation sites excluding steroid dienone is 1. The van der Waals surface area contributed by atoms with Crippen molar-refractivity contribution >= 4 is 51.2 Å². The van der Waals surface area contributed by atoms with Gasteiger partial charge in [0.05, 0.1) is 12.7 Å². The second-order valence-corrected chi connectivity index (χ2v) is 13.5. The fraction of sp³-hybridized carbons (Fsp3) is 0.325. The first-order valence-corrected chi connectivity index (χ1v) is 18.4. The van der Waals surface area contributed by atoms with Crippen LogP contribution in [-0.2, 0) is 10.3 Å². The normalized spacial score (nSPS) is 16.3. The number of thiophene rings is 1. The Morgan fingerprint density at radius 1 is 1.02 bits per heavy atom. The zero-order valence-electron chi connectivity index (χ0n) is 28.2. The minimum absolute atomic E-state index is 0.00680. The number of benzene rings is 2. The molecule has 9 heteroatoms. The Morgan fingerprint density at radius 2 is 1.67 bits per heavy atom. The van der Waals surface area contributed by atoms with Gasteiger partial charge in [0.2, 0.25) is 5.70 Å². The number of alkyl halides is 1. The number of aliphatic hydroxyl groups is 1. The minimum atomic E-state index is -1.06. The second kappa shape index (κ2) is 18.2. The average Bonchev–Trinajstić information content (AvgIpc) is 3.71. The number of unbranched alkanes of at least 4 members (excludes halogenated alkanes) is 2. The molecule has 2 unspecified atom stereocenters. The van der Waals surface area contributed by atoms with Gasteiger partial charge in [0.1, 0.15) is 30.1 Å². The van der Waals surface area contributed by atoms with Crippen LogP contribution in [0.3, 0.4) is 0 Å². The van der Waals surface area contributed by atoms with Gasteiger partial charge in [0, 0.05) is 51.1 Å². The van der Waals surface area contributed by atoms with Crippen molar-refractivity contribution in [1.29, 1.82) is 10.5 Å². The number of rotatable bonds is 16. The first-order chi connectivity index (χ1) is 23.8. The maximum atomic E-state index is 10.2. The van der Waals surface area contributed by atoms with Crippen LogP contribution in [0.5, 0.6) is 5.75 Å². The van der Waals surface area contributed by atoms with E-state index >= 15 is 0 Å². The number of halogens is 1. The number of nitriles is 2. The molecule has 252 valence electrons. The van der Waals surface area contributed by atoms with Gasteiger partial charge < -0.3 is 19.5 Å². The first-order valence-electron chi connectivity index (χ1n) is 16.4. The van der Waals surface area contributed by atoms with E-state index < -0.39 is 11.7 Å². The zero-order valence-corrected chi connectivity index (χ0v) is 30.6. The van der Waals surface area contributed by atoms with Gasteiger partial charge in [-0.05, 0) is 67.8 Å². The molecule has 1 aliphatic rings. The molecule has 0 saturated carbocycles. The van der Waals surface area contributed by atoms with Crippen molar-refractivity contribution in [2.75, 3.05) is 29.9 Å². The zero-order chi connectivity index (χ0) is 35.2. The highest BCUT2D eigenvalue weighted by molar-refractivity contribution is 9.09. The molecule has 0 fully saturated rings. The second-order valence-electron chi connectivity index (χ2n) is 11.7. The smallest absolute Gasteiger partial charge is 0.237 e. The number of anilines is 1. The topological polar surface area (TPSA) is 93.9 Å². The lowest BCUT2D eigenvalue weighted by molar-refractivity contribution is 0.0755. The van der Waals surface area contributed by atoms with E-state index in [2.05, 4.69) is 57.7 Å². The van der Waals surface area contributed by atoms with Gasteiger partial charge in [0.25, 0.3) is 0 Å². The van der Waals surface area contributed by atoms with E-state index in [4.69, 9.17) is 16.0 Å². The van der Waals surface area contributed by atoms with E-state index in [1.807, 2.05) is 85.8 Å². The number of hydrogen-bond donors (Lipinski definition) is 1. The lowest BCUT2D eigenvalue weighted by Crippen LogP contribution is -2.25. The molecule has 0 saturated heterocycles. The van der Waals surface area contributed by atoms with Crippen molar-refractivity contribution in [3.63, 3.8) is 0 Å². The van der Waals surface area contributed by atoms with Crippen LogP contribution in [0.2, 0.25) is 0 Å². The molecular weight excluding hydrogens is 696 g/mol. The molecular formula is C40H41BrN4O3S. The van der Waals surface area contributed by atoms with Gasteiger partial charge in [0.15, 0.2) is 11.3 Å². The van der Waals surface area contributed by atoms with Crippen molar-refractivity contribution in [1.82, 2.24) is 0 Å². The predicted octanol–water partition coefficient (Wildman–Crippen LogP) is 9.89. The molecule has 0 spiro atoms. The molecule has 3 aromatic rings. The van der Waals surface area contributed by atoms with Crippen molar-refractivity contribution < 1.29 is 14.6 Å². The summed E-state index contributed by atoms with van der Waals surface area (Å²) in [4.78, 5) is 8.10. The van der Waals surface area contributed by atoms with Gasteiger partial charge in [-0.3, -0.25) is 0 Å². The number of ether oxygens (including phenoxy) is 2. The third-order valence-corrected chi connectivity index (χ3v) is 9.96. The predicted molar refractivity (Wildman–Crippen MR) is 203 cm³/mol. The molecule has 0 radical (unpaired) electrons. The van der Waals surface area contributed by atoms with E-state index in [1.165, 1.54) is 0 Å². The van der Waals surface area contributed by atoms with Crippen molar-refractivity contribution in [3.05, 3.63) is 122 Å². The SMILES string of the molecule is [C-]#[N+]C1=C(/C=C/c2ccc(/C=C/c3ccc(N(CCCC)CCCC)cc3OCC(O)CBr)s2)C(C)(c2ccccc2)OC1=C(C#N)C#N. The lowest BCUT2D eigenvalue weighted by Gasteiger charge is -2.28. The molecule has 1 N–H and O–H groups in total. The van der Waals surface area contributed by atoms with Crippen LogP contribution in [0.15, 0.2) is 89.3 Å². The molecule has 0 amide bonds. The summed E-state index contributed by atoms with van der Waals surface area (Å²) in [5, 5.41) is 29.8. The van der Waals surface area contributed by atoms with Gasteiger partial charge in [-0.25, -0.2) is 4.85 Å². The van der Waals surface area contributed by atoms with Gasteiger partial charge in [-0.2, -0.15) is 10.5 Å². The Balaban J connectivity index is 1.64. The monoisotopic (exact) mass is 736 g/mol. The van der Waals surface area contributed by atoms with Crippen LogP contribution in [0.25, 0.3) is 23.1 Å². The number of hydrogen-bond acceptors (Lipinski definition) is 7. The maximum Gasteiger partial charge on any atom is 0.237 e. The van der Waals surface area contributed by atoms with Gasteiger partial charge in [-0.1, -0.05) is 79.0 Å². The Bertz CT molecular complexity index is 1820. The highest BCUT2D eigenvalue weighted by Crippen LogP contribution is 2.47. The van der Waals surface area contributed by atoms with Crippen LogP contribution in [0, 0.1) is 29.2 Å². The molecule has 7 nitrogen and oxygen atoms in total. The first kappa shape index (κ1) is 37.2. The van der Waals surface area contributed by atoms with E-state index in [9.17, 15) is 15.6 Å². The average molecular weight is 738 g/mol. The van der Waals surface area contributed by atoms with Gasteiger partial charge >= 0.3 is 0 Å². The standard InChI is InChI=1S/C40H41BrN4O3S/c1-5-7-22-45(23-8-6-2)32-16-14-29(37(24-32)47-28-33(46)25-41)15-17-34-18-19-35(49-34)20-21-36-38(44-4)39(30(26-42)27-43)48-40(36,3)31-12-10-9-11-13-31/h9-21,24,33,46H,5-8,22-23,25,28H2,1-3H3/b17-15+,21-20+. The summed E-state index contributed by atoms with van der Waals surface area (Å²) in [6.45, 7) is 16.3. The highest BCUT2D eigenvalue weighted by atomic mass is 79.9. The molecule has 2 heterocycles. The summed E-state index contributed by atoms with van der Waals surface area (Å²) in [6.07, 6.45) is 11.7. The summed E-state index contributed by atoms with van der Waals surface area (Å²) in [6, 6.07) is 23.6. The van der Waals surface area contributed by atoms with E-state index in [1.54, 1.807) is 11.3 Å². The molecule has 2 aromatic carbocycles. The Labute approximate surface area is 302 Å². The molecule has 1 aliphatic heterocycles. The summed E-state index contributed by atoms with van der Waals surface area (Å²) < 4.78 is 12.4. The van der Waals surface area contributed by atoms with Crippen LogP contribution < -0.4 is 9.64 Å². The van der Waals surface area contributed by atoms with Crippen LogP contribution in [0.1, 0.15) is 67.3 Å². The molecule has 0 aliphatic carbocycles. The van der Waals surface area contributed by atoms with Crippen LogP contribution in [0.4, 0.5) is 5.69 Å². The number of nitrogens with zero attached hydrogens (tertiary/aromatic N) is 4. The molecule has 2 atom stereocenters. The van der Waals surface area contributed by atoms with Crippen molar-refractivity contribution in [2.24, 2.45) is 0 Å². The van der Waals surface area contributed by atoms with E-state index in [-0.39, 0.29) is 23.6 Å². The third-order valence-electron chi connectivity index (χ3n) is 8.20. The molecule has 4 rings (SSSR count). The summed E-state index contributed by atoms with van der Waals surface area (Å²) in [5.74, 6) is 0.730. The van der Waals surface area contributed by atoms with Crippen molar-refractivity contribution in [2.45, 2.75) is 58.2 Å². The maximum absolute atomic E-state index is 10.2. The molecule has 0 bridgehead atoms. The van der Waals surface area contributed by atoms with Crippen LogP contribution >= 0.6 is 27.3 Å². The Kier molecular flexibility index (Phi) is 13.9. The van der Waals surface area contributed by atoms with E-state index in [0.29, 0.717) is 10.9 Å².